The molecule has 0 fully saturated rings. The maximum atomic E-state index is 9.47. The molecular weight excluding hydrogens is 180 g/mol. The van der Waals surface area contributed by atoms with Gasteiger partial charge in [0.2, 0.25) is 0 Å². The topological polar surface area (TPSA) is 63.0 Å². The molecule has 0 aliphatic rings. The zero-order valence-corrected chi connectivity index (χ0v) is 9.15. The molecule has 1 heterocycles. The summed E-state index contributed by atoms with van der Waals surface area (Å²) in [5, 5.41) is 16.7. The summed E-state index contributed by atoms with van der Waals surface area (Å²) < 4.78 is 1.71. The minimum atomic E-state index is -0.407. The summed E-state index contributed by atoms with van der Waals surface area (Å²) in [5.41, 5.74) is -0.314. The minimum Gasteiger partial charge on any atom is -0.392 e. The van der Waals surface area contributed by atoms with Crippen LogP contribution in [0.5, 0.6) is 0 Å². The average molecular weight is 198 g/mol. The van der Waals surface area contributed by atoms with Gasteiger partial charge in [-0.1, -0.05) is 0 Å². The van der Waals surface area contributed by atoms with Gasteiger partial charge in [-0.25, -0.2) is 4.98 Å². The number of nitrogens with one attached hydrogen (secondary N) is 1. The van der Waals surface area contributed by atoms with Gasteiger partial charge in [0.05, 0.1) is 12.6 Å². The molecule has 2 N–H and O–H groups in total. The molecule has 1 aromatic heterocycles. The molecule has 0 spiro atoms. The Morgan fingerprint density at radius 3 is 2.71 bits per heavy atom. The zero-order valence-electron chi connectivity index (χ0n) is 9.15. The second-order valence-electron chi connectivity index (χ2n) is 4.05. The molecule has 1 rings (SSSR count). The highest BCUT2D eigenvalue weighted by Gasteiger charge is 2.23. The predicted molar refractivity (Wildman–Crippen MR) is 53.6 cm³/mol. The van der Waals surface area contributed by atoms with Gasteiger partial charge in [-0.3, -0.25) is 4.68 Å². The van der Waals surface area contributed by atoms with E-state index in [1.54, 1.807) is 11.6 Å². The Balaban J connectivity index is 2.53. The number of nitrogens with zero attached hydrogens (tertiary/aromatic N) is 3. The Kier molecular flexibility index (Phi) is 3.23. The monoisotopic (exact) mass is 198 g/mol. The van der Waals surface area contributed by atoms with E-state index >= 15 is 0 Å². The van der Waals surface area contributed by atoms with E-state index < -0.39 is 6.10 Å². The number of hydrogen-bond donors (Lipinski definition) is 2. The molecule has 0 aliphatic carbocycles. The first-order valence-electron chi connectivity index (χ1n) is 4.69. The molecule has 5 heteroatoms. The van der Waals surface area contributed by atoms with Crippen LogP contribution in [0, 0.1) is 0 Å². The van der Waals surface area contributed by atoms with E-state index in [9.17, 15) is 5.11 Å². The van der Waals surface area contributed by atoms with Crippen molar-refractivity contribution in [2.45, 2.75) is 39.0 Å². The lowest BCUT2D eigenvalue weighted by Gasteiger charge is -2.29. The van der Waals surface area contributed by atoms with Crippen LogP contribution in [0.15, 0.2) is 6.33 Å². The van der Waals surface area contributed by atoms with Crippen molar-refractivity contribution in [2.24, 2.45) is 7.05 Å². The van der Waals surface area contributed by atoms with Crippen LogP contribution in [-0.2, 0) is 13.6 Å². The second kappa shape index (κ2) is 4.06. The number of aliphatic hydroxyl groups excluding tert-OH is 1. The zero-order chi connectivity index (χ0) is 10.8. The molecule has 0 saturated carbocycles. The number of hydrogen-bond acceptors (Lipinski definition) is 4. The van der Waals surface area contributed by atoms with Crippen molar-refractivity contribution in [1.82, 2.24) is 20.1 Å². The molecule has 80 valence electrons. The Morgan fingerprint density at radius 2 is 2.29 bits per heavy atom. The maximum absolute atomic E-state index is 9.47. The lowest BCUT2D eigenvalue weighted by molar-refractivity contribution is 0.0949. The first-order chi connectivity index (χ1) is 6.43. The molecule has 0 aromatic carbocycles. The van der Waals surface area contributed by atoms with Crippen LogP contribution in [-0.4, -0.2) is 31.5 Å². The molecule has 1 atom stereocenters. The van der Waals surface area contributed by atoms with Gasteiger partial charge in [-0.05, 0) is 20.8 Å². The number of rotatable bonds is 4. The summed E-state index contributed by atoms with van der Waals surface area (Å²) in [5.74, 6) is 0.860. The fraction of sp³-hybridized carbons (Fsp3) is 0.778. The quantitative estimate of drug-likeness (QED) is 0.718. The van der Waals surface area contributed by atoms with E-state index in [1.165, 1.54) is 6.33 Å². The number of aliphatic hydroxyl groups is 1. The summed E-state index contributed by atoms with van der Waals surface area (Å²) >= 11 is 0. The SMILES string of the molecule is CC(O)C(C)(C)NCc1ncnn1C. The normalized spacial score (nSPS) is 14.4. The van der Waals surface area contributed by atoms with Gasteiger partial charge in [0.15, 0.2) is 0 Å². The first kappa shape index (κ1) is 11.1. The highest BCUT2D eigenvalue weighted by Crippen LogP contribution is 2.08. The van der Waals surface area contributed by atoms with Gasteiger partial charge in [0.25, 0.3) is 0 Å². The lowest BCUT2D eigenvalue weighted by Crippen LogP contribution is -2.48. The predicted octanol–water partition coefficient (Wildman–Crippen LogP) is 0.0641. The van der Waals surface area contributed by atoms with Crippen LogP contribution in [0.3, 0.4) is 0 Å². The van der Waals surface area contributed by atoms with Crippen molar-refractivity contribution in [3.05, 3.63) is 12.2 Å². The van der Waals surface area contributed by atoms with Gasteiger partial charge in [0.1, 0.15) is 12.2 Å². The Morgan fingerprint density at radius 1 is 1.64 bits per heavy atom. The van der Waals surface area contributed by atoms with Crippen molar-refractivity contribution in [3.63, 3.8) is 0 Å². The summed E-state index contributed by atoms with van der Waals surface area (Å²) in [7, 11) is 1.85. The summed E-state index contributed by atoms with van der Waals surface area (Å²) in [6.07, 6.45) is 1.11. The molecule has 1 unspecified atom stereocenters. The Hall–Kier alpha value is -0.940. The van der Waals surface area contributed by atoms with Gasteiger partial charge in [-0.2, -0.15) is 5.10 Å². The van der Waals surface area contributed by atoms with Crippen molar-refractivity contribution in [2.75, 3.05) is 0 Å². The van der Waals surface area contributed by atoms with Gasteiger partial charge in [0, 0.05) is 12.6 Å². The van der Waals surface area contributed by atoms with Crippen molar-refractivity contribution < 1.29 is 5.11 Å². The van der Waals surface area contributed by atoms with Crippen LogP contribution in [0.4, 0.5) is 0 Å². The highest BCUT2D eigenvalue weighted by atomic mass is 16.3. The van der Waals surface area contributed by atoms with E-state index in [0.717, 1.165) is 5.82 Å². The number of aryl methyl sites for hydroxylation is 1. The van der Waals surface area contributed by atoms with Crippen LogP contribution in [0.1, 0.15) is 26.6 Å². The molecular formula is C9H18N4O. The van der Waals surface area contributed by atoms with Crippen molar-refractivity contribution in [1.29, 1.82) is 0 Å². The summed E-state index contributed by atoms with van der Waals surface area (Å²) in [6, 6.07) is 0. The third kappa shape index (κ3) is 2.52. The second-order valence-corrected chi connectivity index (χ2v) is 4.05. The minimum absolute atomic E-state index is 0.314. The van der Waals surface area contributed by atoms with Crippen LogP contribution in [0.2, 0.25) is 0 Å². The van der Waals surface area contributed by atoms with Gasteiger partial charge >= 0.3 is 0 Å². The smallest absolute Gasteiger partial charge is 0.140 e. The standard InChI is InChI=1S/C9H18N4O/c1-7(14)9(2,3)11-5-8-10-6-12-13(8)4/h6-7,11,14H,5H2,1-4H3. The van der Waals surface area contributed by atoms with E-state index in [2.05, 4.69) is 15.4 Å². The van der Waals surface area contributed by atoms with Crippen molar-refractivity contribution in [3.8, 4) is 0 Å². The summed E-state index contributed by atoms with van der Waals surface area (Å²) in [6.45, 7) is 6.28. The fourth-order valence-electron chi connectivity index (χ4n) is 0.935. The van der Waals surface area contributed by atoms with Crippen LogP contribution >= 0.6 is 0 Å². The highest BCUT2D eigenvalue weighted by molar-refractivity contribution is 4.89. The lowest BCUT2D eigenvalue weighted by atomic mass is 9.99. The van der Waals surface area contributed by atoms with E-state index in [0.29, 0.717) is 6.54 Å². The molecule has 0 radical (unpaired) electrons. The largest absolute Gasteiger partial charge is 0.392 e. The molecule has 0 bridgehead atoms. The number of aromatic nitrogens is 3. The fourth-order valence-corrected chi connectivity index (χ4v) is 0.935. The van der Waals surface area contributed by atoms with Crippen molar-refractivity contribution >= 4 is 0 Å². The third-order valence-electron chi connectivity index (χ3n) is 2.55. The molecule has 0 saturated heterocycles. The first-order valence-corrected chi connectivity index (χ1v) is 4.69. The molecule has 0 aliphatic heterocycles. The van der Waals surface area contributed by atoms with E-state index in [1.807, 2.05) is 20.9 Å². The third-order valence-corrected chi connectivity index (χ3v) is 2.55. The molecule has 14 heavy (non-hydrogen) atoms. The van der Waals surface area contributed by atoms with E-state index in [-0.39, 0.29) is 5.54 Å². The Bertz CT molecular complexity index is 293. The van der Waals surface area contributed by atoms with Crippen LogP contribution in [0.25, 0.3) is 0 Å². The molecule has 1 aromatic rings. The van der Waals surface area contributed by atoms with E-state index in [4.69, 9.17) is 0 Å². The average Bonchev–Trinajstić information content (AvgIpc) is 2.47. The van der Waals surface area contributed by atoms with Gasteiger partial charge < -0.3 is 10.4 Å². The van der Waals surface area contributed by atoms with Gasteiger partial charge in [-0.15, -0.1) is 0 Å². The van der Waals surface area contributed by atoms with Crippen LogP contribution < -0.4 is 5.32 Å². The summed E-state index contributed by atoms with van der Waals surface area (Å²) in [4.78, 5) is 4.09. The Labute approximate surface area is 84.2 Å². The molecule has 5 nitrogen and oxygen atoms in total. The molecule has 0 amide bonds. The maximum Gasteiger partial charge on any atom is 0.140 e.